The van der Waals surface area contributed by atoms with Gasteiger partial charge in [0.2, 0.25) is 9.84 Å². The smallest absolute Gasteiger partial charge is 0.220 e. The average Bonchev–Trinajstić information content (AvgIpc) is 2.61. The van der Waals surface area contributed by atoms with Crippen LogP contribution in [0.15, 0.2) is 52.4 Å². The van der Waals surface area contributed by atoms with Crippen molar-refractivity contribution in [3.05, 3.63) is 53.3 Å². The van der Waals surface area contributed by atoms with Crippen LogP contribution in [-0.4, -0.2) is 22.6 Å². The van der Waals surface area contributed by atoms with Crippen molar-refractivity contribution in [1.82, 2.24) is 0 Å². The summed E-state index contributed by atoms with van der Waals surface area (Å²) in [4.78, 5) is 0.736. The van der Waals surface area contributed by atoms with Gasteiger partial charge < -0.3 is 14.4 Å². The van der Waals surface area contributed by atoms with Gasteiger partial charge in [-0.05, 0) is 18.2 Å². The van der Waals surface area contributed by atoms with Gasteiger partial charge in [0.15, 0.2) is 4.91 Å². The topological polar surface area (TPSA) is 79.6 Å². The molecule has 0 atom stereocenters. The lowest BCUT2D eigenvalue weighted by atomic mass is 10.2. The summed E-state index contributed by atoms with van der Waals surface area (Å²) in [5, 5.41) is 9.22. The van der Waals surface area contributed by atoms with E-state index in [1.54, 1.807) is 24.3 Å². The van der Waals surface area contributed by atoms with Gasteiger partial charge in [0.05, 0.1) is 30.5 Å². The van der Waals surface area contributed by atoms with Gasteiger partial charge in [0.1, 0.15) is 23.4 Å². The Morgan fingerprint density at radius 2 is 1.72 bits per heavy atom. The van der Waals surface area contributed by atoms with Crippen LogP contribution in [0.3, 0.4) is 0 Å². The van der Waals surface area contributed by atoms with Crippen molar-refractivity contribution < 1.29 is 22.3 Å². The zero-order chi connectivity index (χ0) is 18.2. The molecule has 0 radical (unpaired) electrons. The summed E-state index contributed by atoms with van der Waals surface area (Å²) in [5.74, 6) is 0.265. The van der Waals surface area contributed by atoms with Crippen molar-refractivity contribution in [3.63, 3.8) is 0 Å². The summed E-state index contributed by atoms with van der Waals surface area (Å²) >= 11 is 0. The molecule has 2 aromatic carbocycles. The number of methoxy groups -OCH3 is 2. The Morgan fingerprint density at radius 3 is 2.28 bits per heavy atom. The van der Waals surface area contributed by atoms with Crippen LogP contribution in [0.4, 0.5) is 15.8 Å². The molecule has 3 rings (SSSR count). The van der Waals surface area contributed by atoms with E-state index in [4.69, 9.17) is 9.47 Å². The van der Waals surface area contributed by atoms with E-state index in [-0.39, 0.29) is 10.6 Å². The molecular formula is C17H13FN2O4S. The minimum Gasteiger partial charge on any atom is -0.497 e. The third-order valence-corrected chi connectivity index (χ3v) is 5.41. The molecule has 0 aromatic heterocycles. The fourth-order valence-electron chi connectivity index (χ4n) is 2.51. The van der Waals surface area contributed by atoms with Gasteiger partial charge in [-0.25, -0.2) is 12.8 Å². The van der Waals surface area contributed by atoms with Gasteiger partial charge >= 0.3 is 0 Å². The minimum atomic E-state index is -4.07. The van der Waals surface area contributed by atoms with E-state index >= 15 is 0 Å². The Kier molecular flexibility index (Phi) is 4.10. The number of allylic oxidation sites excluding steroid dienone is 1. The molecule has 0 amide bonds. The van der Waals surface area contributed by atoms with Gasteiger partial charge in [-0.15, -0.1) is 0 Å². The van der Waals surface area contributed by atoms with E-state index in [2.05, 4.69) is 0 Å². The van der Waals surface area contributed by atoms with Gasteiger partial charge in [0, 0.05) is 24.4 Å². The maximum atomic E-state index is 13.6. The molecule has 1 aliphatic heterocycles. The first-order valence-corrected chi connectivity index (χ1v) is 8.58. The molecule has 6 nitrogen and oxygen atoms in total. The van der Waals surface area contributed by atoms with Gasteiger partial charge in [-0.2, -0.15) is 5.26 Å². The largest absolute Gasteiger partial charge is 0.497 e. The number of rotatable bonds is 3. The first-order chi connectivity index (χ1) is 11.9. The summed E-state index contributed by atoms with van der Waals surface area (Å²) in [6.45, 7) is 0. The van der Waals surface area contributed by atoms with Crippen molar-refractivity contribution in [2.75, 3.05) is 19.1 Å². The molecule has 1 heterocycles. The lowest BCUT2D eigenvalue weighted by molar-refractivity contribution is 0.394. The number of anilines is 2. The predicted octanol–water partition coefficient (Wildman–Crippen LogP) is 3.13. The number of hydrogen-bond donors (Lipinski definition) is 0. The van der Waals surface area contributed by atoms with E-state index in [1.807, 2.05) is 0 Å². The molecule has 8 heteroatoms. The zero-order valence-electron chi connectivity index (χ0n) is 13.4. The van der Waals surface area contributed by atoms with Crippen molar-refractivity contribution in [3.8, 4) is 17.6 Å². The maximum Gasteiger partial charge on any atom is 0.220 e. The Balaban J connectivity index is 2.29. The van der Waals surface area contributed by atoms with Crippen molar-refractivity contribution in [2.24, 2.45) is 0 Å². The highest BCUT2D eigenvalue weighted by molar-refractivity contribution is 7.95. The van der Waals surface area contributed by atoms with Crippen LogP contribution in [0.2, 0.25) is 0 Å². The van der Waals surface area contributed by atoms with E-state index in [1.165, 1.54) is 31.4 Å². The number of sulfone groups is 1. The molecular weight excluding hydrogens is 347 g/mol. The molecule has 0 saturated heterocycles. The third kappa shape index (κ3) is 2.79. The molecule has 0 N–H and O–H groups in total. The molecule has 0 spiro atoms. The van der Waals surface area contributed by atoms with Crippen LogP contribution < -0.4 is 14.4 Å². The Hall–Kier alpha value is -3.05. The van der Waals surface area contributed by atoms with Crippen LogP contribution in [-0.2, 0) is 9.84 Å². The maximum absolute atomic E-state index is 13.6. The lowest BCUT2D eigenvalue weighted by Gasteiger charge is -2.28. The summed E-state index contributed by atoms with van der Waals surface area (Å²) in [6.07, 6.45) is 1.20. The molecule has 1 aliphatic rings. The highest BCUT2D eigenvalue weighted by Gasteiger charge is 2.32. The molecule has 0 saturated carbocycles. The summed E-state index contributed by atoms with van der Waals surface area (Å²) in [6, 6.07) is 10.0. The standard InChI is InChI=1S/C17H13FN2O4S/c1-23-13-6-12(7-14(8-13)24-2)20-10-15(9-19)25(21,22)17-5-11(18)3-4-16(17)20/h3-8,10H,1-2H3. The quantitative estimate of drug-likeness (QED) is 0.837. The Morgan fingerprint density at radius 1 is 1.08 bits per heavy atom. The normalized spacial score (nSPS) is 15.0. The molecule has 0 bridgehead atoms. The van der Waals surface area contributed by atoms with E-state index in [0.717, 1.165) is 12.1 Å². The molecule has 2 aromatic rings. The van der Waals surface area contributed by atoms with Crippen LogP contribution >= 0.6 is 0 Å². The number of fused-ring (bicyclic) bond motifs is 1. The van der Waals surface area contributed by atoms with Crippen LogP contribution in [0, 0.1) is 17.1 Å². The molecule has 25 heavy (non-hydrogen) atoms. The number of ether oxygens (including phenoxy) is 2. The monoisotopic (exact) mass is 360 g/mol. The fraction of sp³-hybridized carbons (Fsp3) is 0.118. The first kappa shape index (κ1) is 16.8. The summed E-state index contributed by atoms with van der Waals surface area (Å²) < 4.78 is 49.0. The molecule has 0 aliphatic carbocycles. The SMILES string of the molecule is COc1cc(OC)cc(N2C=C(C#N)S(=O)(=O)c3cc(F)ccc32)c1. The minimum absolute atomic E-state index is 0.232. The highest BCUT2D eigenvalue weighted by atomic mass is 32.2. The van der Waals surface area contributed by atoms with E-state index in [0.29, 0.717) is 17.2 Å². The number of nitriles is 1. The summed E-state index contributed by atoms with van der Waals surface area (Å²) in [7, 11) is -1.10. The van der Waals surface area contributed by atoms with Crippen LogP contribution in [0.1, 0.15) is 0 Å². The number of hydrogen-bond acceptors (Lipinski definition) is 6. The molecule has 0 unspecified atom stereocenters. The second-order valence-corrected chi connectivity index (χ2v) is 7.05. The van der Waals surface area contributed by atoms with Crippen LogP contribution in [0.25, 0.3) is 0 Å². The second kappa shape index (κ2) is 6.11. The third-order valence-electron chi connectivity index (χ3n) is 3.73. The van der Waals surface area contributed by atoms with Gasteiger partial charge in [-0.3, -0.25) is 0 Å². The highest BCUT2D eigenvalue weighted by Crippen LogP contribution is 2.41. The van der Waals surface area contributed by atoms with E-state index < -0.39 is 20.6 Å². The fourth-order valence-corrected chi connectivity index (χ4v) is 3.82. The average molecular weight is 360 g/mol. The number of nitrogens with zero attached hydrogens (tertiary/aromatic N) is 2. The number of benzene rings is 2. The summed E-state index contributed by atoms with van der Waals surface area (Å²) in [5.41, 5.74) is 0.738. The predicted molar refractivity (Wildman–Crippen MR) is 89.0 cm³/mol. The van der Waals surface area contributed by atoms with Crippen LogP contribution in [0.5, 0.6) is 11.5 Å². The second-order valence-electron chi connectivity index (χ2n) is 5.16. The molecule has 128 valence electrons. The zero-order valence-corrected chi connectivity index (χ0v) is 14.2. The lowest BCUT2D eigenvalue weighted by Crippen LogP contribution is -2.21. The van der Waals surface area contributed by atoms with Gasteiger partial charge in [0.25, 0.3) is 0 Å². The Labute approximate surface area is 144 Å². The van der Waals surface area contributed by atoms with Crippen molar-refractivity contribution in [1.29, 1.82) is 5.26 Å². The number of halogens is 1. The van der Waals surface area contributed by atoms with E-state index in [9.17, 15) is 18.1 Å². The molecule has 0 fully saturated rings. The van der Waals surface area contributed by atoms with Gasteiger partial charge in [-0.1, -0.05) is 0 Å². The van der Waals surface area contributed by atoms with Crippen molar-refractivity contribution >= 4 is 21.2 Å². The Bertz CT molecular complexity index is 1000. The first-order valence-electron chi connectivity index (χ1n) is 7.09. The van der Waals surface area contributed by atoms with Crippen molar-refractivity contribution in [2.45, 2.75) is 4.90 Å².